The summed E-state index contributed by atoms with van der Waals surface area (Å²) in [7, 11) is 3.34. The Balaban J connectivity index is 1.65. The molecule has 4 rings (SSSR count). The number of hydrogen-bond donors (Lipinski definition) is 0. The molecule has 2 heterocycles. The number of amides is 1. The SMILES string of the molecule is COc1cccc(-c2nccc(-c3cccc(N(C)C(=O)c4ccco4)c3)n2)c1. The lowest BCUT2D eigenvalue weighted by atomic mass is 10.1. The van der Waals surface area contributed by atoms with E-state index in [1.165, 1.54) is 6.26 Å². The fourth-order valence-electron chi connectivity index (χ4n) is 2.98. The first-order valence-corrected chi connectivity index (χ1v) is 9.05. The van der Waals surface area contributed by atoms with Crippen molar-refractivity contribution in [2.24, 2.45) is 0 Å². The molecule has 2 aromatic heterocycles. The molecular formula is C23H19N3O3. The highest BCUT2D eigenvalue weighted by molar-refractivity contribution is 6.04. The number of carbonyl (C=O) groups excluding carboxylic acids is 1. The van der Waals surface area contributed by atoms with E-state index in [2.05, 4.69) is 4.98 Å². The smallest absolute Gasteiger partial charge is 0.293 e. The predicted molar refractivity (Wildman–Crippen MR) is 111 cm³/mol. The van der Waals surface area contributed by atoms with Crippen LogP contribution in [0.4, 0.5) is 5.69 Å². The number of furan rings is 1. The highest BCUT2D eigenvalue weighted by Crippen LogP contribution is 2.26. The molecule has 6 heteroatoms. The minimum absolute atomic E-state index is 0.216. The van der Waals surface area contributed by atoms with Crippen molar-refractivity contribution in [2.45, 2.75) is 0 Å². The summed E-state index contributed by atoms with van der Waals surface area (Å²) >= 11 is 0. The zero-order valence-corrected chi connectivity index (χ0v) is 16.1. The topological polar surface area (TPSA) is 68.5 Å². The van der Waals surface area contributed by atoms with Crippen molar-refractivity contribution in [3.8, 4) is 28.4 Å². The summed E-state index contributed by atoms with van der Waals surface area (Å²) in [6, 6.07) is 20.4. The van der Waals surface area contributed by atoms with Crippen molar-refractivity contribution < 1.29 is 13.9 Å². The van der Waals surface area contributed by atoms with E-state index in [0.717, 1.165) is 28.3 Å². The molecule has 0 fully saturated rings. The van der Waals surface area contributed by atoms with Gasteiger partial charge in [0.15, 0.2) is 11.6 Å². The average Bonchev–Trinajstić information content (AvgIpc) is 3.33. The summed E-state index contributed by atoms with van der Waals surface area (Å²) in [5.41, 5.74) is 3.25. The van der Waals surface area contributed by atoms with Crippen molar-refractivity contribution >= 4 is 11.6 Å². The number of ether oxygens (including phenoxy) is 1. The van der Waals surface area contributed by atoms with Gasteiger partial charge in [-0.2, -0.15) is 0 Å². The Bertz CT molecular complexity index is 1140. The number of carbonyl (C=O) groups is 1. The maximum Gasteiger partial charge on any atom is 0.293 e. The molecular weight excluding hydrogens is 366 g/mol. The number of aromatic nitrogens is 2. The van der Waals surface area contributed by atoms with Gasteiger partial charge in [0.1, 0.15) is 5.75 Å². The van der Waals surface area contributed by atoms with Crippen LogP contribution in [-0.4, -0.2) is 30.0 Å². The fraction of sp³-hybridized carbons (Fsp3) is 0.0870. The van der Waals surface area contributed by atoms with Gasteiger partial charge in [0.05, 0.1) is 19.1 Å². The Morgan fingerprint density at radius 3 is 2.62 bits per heavy atom. The quantitative estimate of drug-likeness (QED) is 0.499. The fourth-order valence-corrected chi connectivity index (χ4v) is 2.98. The standard InChI is InChI=1S/C23H19N3O3/c1-26(23(27)21-10-5-13-29-21)18-8-3-6-16(14-18)20-11-12-24-22(25-20)17-7-4-9-19(15-17)28-2/h3-15H,1-2H3. The molecule has 1 amide bonds. The van der Waals surface area contributed by atoms with E-state index in [1.807, 2.05) is 54.6 Å². The molecule has 4 aromatic rings. The average molecular weight is 385 g/mol. The third-order valence-corrected chi connectivity index (χ3v) is 4.55. The van der Waals surface area contributed by atoms with Crippen LogP contribution in [0.15, 0.2) is 83.6 Å². The van der Waals surface area contributed by atoms with Gasteiger partial charge in [0.25, 0.3) is 5.91 Å². The first kappa shape index (κ1) is 18.4. The molecule has 2 aromatic carbocycles. The van der Waals surface area contributed by atoms with Crippen LogP contribution >= 0.6 is 0 Å². The van der Waals surface area contributed by atoms with Gasteiger partial charge >= 0.3 is 0 Å². The second-order valence-electron chi connectivity index (χ2n) is 6.39. The van der Waals surface area contributed by atoms with Crippen molar-refractivity contribution in [3.63, 3.8) is 0 Å². The van der Waals surface area contributed by atoms with Crippen LogP contribution in [0.3, 0.4) is 0 Å². The Labute approximate surface area is 168 Å². The first-order valence-electron chi connectivity index (χ1n) is 9.05. The van der Waals surface area contributed by atoms with Gasteiger partial charge in [-0.25, -0.2) is 9.97 Å². The molecule has 0 saturated heterocycles. The normalized spacial score (nSPS) is 10.6. The van der Waals surface area contributed by atoms with Crippen LogP contribution < -0.4 is 9.64 Å². The van der Waals surface area contributed by atoms with Gasteiger partial charge in [-0.15, -0.1) is 0 Å². The summed E-state index contributed by atoms with van der Waals surface area (Å²) < 4.78 is 10.5. The van der Waals surface area contributed by atoms with Crippen molar-refractivity contribution in [3.05, 3.63) is 85.0 Å². The molecule has 0 aliphatic carbocycles. The summed E-state index contributed by atoms with van der Waals surface area (Å²) in [5, 5.41) is 0. The summed E-state index contributed by atoms with van der Waals surface area (Å²) in [6.45, 7) is 0. The molecule has 0 N–H and O–H groups in total. The lowest BCUT2D eigenvalue weighted by Gasteiger charge is -2.17. The lowest BCUT2D eigenvalue weighted by Crippen LogP contribution is -2.25. The first-order chi connectivity index (χ1) is 14.2. The van der Waals surface area contributed by atoms with Gasteiger partial charge in [-0.3, -0.25) is 4.79 Å². The molecule has 0 bridgehead atoms. The van der Waals surface area contributed by atoms with Crippen molar-refractivity contribution in [1.82, 2.24) is 9.97 Å². The van der Waals surface area contributed by atoms with Crippen LogP contribution in [0.2, 0.25) is 0 Å². The minimum Gasteiger partial charge on any atom is -0.497 e. The Morgan fingerprint density at radius 2 is 1.83 bits per heavy atom. The third kappa shape index (κ3) is 3.87. The Hall–Kier alpha value is -3.93. The molecule has 0 aliphatic rings. The zero-order chi connectivity index (χ0) is 20.2. The van der Waals surface area contributed by atoms with E-state index in [4.69, 9.17) is 14.1 Å². The second-order valence-corrected chi connectivity index (χ2v) is 6.39. The third-order valence-electron chi connectivity index (χ3n) is 4.55. The number of benzene rings is 2. The van der Waals surface area contributed by atoms with E-state index in [0.29, 0.717) is 11.6 Å². The van der Waals surface area contributed by atoms with Crippen LogP contribution in [0.5, 0.6) is 5.75 Å². The molecule has 6 nitrogen and oxygen atoms in total. The number of hydrogen-bond acceptors (Lipinski definition) is 5. The molecule has 144 valence electrons. The molecule has 0 saturated carbocycles. The number of methoxy groups -OCH3 is 1. The van der Waals surface area contributed by atoms with E-state index in [-0.39, 0.29) is 5.91 Å². The molecule has 0 aliphatic heterocycles. The van der Waals surface area contributed by atoms with Gasteiger partial charge in [0.2, 0.25) is 0 Å². The second kappa shape index (κ2) is 7.98. The largest absolute Gasteiger partial charge is 0.497 e. The molecule has 0 spiro atoms. The summed E-state index contributed by atoms with van der Waals surface area (Å²) in [5.74, 6) is 1.43. The highest BCUT2D eigenvalue weighted by atomic mass is 16.5. The number of anilines is 1. The van der Waals surface area contributed by atoms with Gasteiger partial charge in [0, 0.05) is 30.1 Å². The minimum atomic E-state index is -0.216. The van der Waals surface area contributed by atoms with Crippen LogP contribution in [0.25, 0.3) is 22.6 Å². The van der Waals surface area contributed by atoms with Gasteiger partial charge in [-0.1, -0.05) is 24.3 Å². The van der Waals surface area contributed by atoms with Crippen molar-refractivity contribution in [2.75, 3.05) is 19.1 Å². The van der Waals surface area contributed by atoms with E-state index >= 15 is 0 Å². The zero-order valence-electron chi connectivity index (χ0n) is 16.1. The van der Waals surface area contributed by atoms with Gasteiger partial charge in [-0.05, 0) is 42.5 Å². The Morgan fingerprint density at radius 1 is 1.00 bits per heavy atom. The van der Waals surface area contributed by atoms with Gasteiger partial charge < -0.3 is 14.1 Å². The predicted octanol–water partition coefficient (Wildman–Crippen LogP) is 4.69. The van der Waals surface area contributed by atoms with Crippen LogP contribution in [0, 0.1) is 0 Å². The molecule has 0 radical (unpaired) electrons. The van der Waals surface area contributed by atoms with E-state index in [9.17, 15) is 4.79 Å². The lowest BCUT2D eigenvalue weighted by molar-refractivity contribution is 0.0966. The van der Waals surface area contributed by atoms with Crippen molar-refractivity contribution in [1.29, 1.82) is 0 Å². The summed E-state index contributed by atoms with van der Waals surface area (Å²) in [6.07, 6.45) is 3.21. The molecule has 0 unspecified atom stereocenters. The number of rotatable bonds is 5. The van der Waals surface area contributed by atoms with Crippen LogP contribution in [0.1, 0.15) is 10.6 Å². The maximum absolute atomic E-state index is 12.5. The summed E-state index contributed by atoms with van der Waals surface area (Å²) in [4.78, 5) is 23.2. The maximum atomic E-state index is 12.5. The molecule has 29 heavy (non-hydrogen) atoms. The highest BCUT2D eigenvalue weighted by Gasteiger charge is 2.16. The van der Waals surface area contributed by atoms with E-state index < -0.39 is 0 Å². The van der Waals surface area contributed by atoms with E-state index in [1.54, 1.807) is 37.4 Å². The van der Waals surface area contributed by atoms with Crippen LogP contribution in [-0.2, 0) is 0 Å². The molecule has 0 atom stereocenters. The number of nitrogens with zero attached hydrogens (tertiary/aromatic N) is 3. The Kier molecular flexibility index (Phi) is 5.07. The monoisotopic (exact) mass is 385 g/mol.